The summed E-state index contributed by atoms with van der Waals surface area (Å²) in [6, 6.07) is 0. The van der Waals surface area contributed by atoms with Crippen molar-refractivity contribution in [2.45, 2.75) is 13.8 Å². The number of aromatic nitrogens is 5. The van der Waals surface area contributed by atoms with Gasteiger partial charge in [0.1, 0.15) is 6.33 Å². The molecule has 0 aliphatic rings. The average Bonchev–Trinajstić information content (AvgIpc) is 2.81. The van der Waals surface area contributed by atoms with E-state index in [9.17, 15) is 0 Å². The van der Waals surface area contributed by atoms with Crippen LogP contribution in [0.2, 0.25) is 5.28 Å². The lowest BCUT2D eigenvalue weighted by atomic mass is 10.3. The highest BCUT2D eigenvalue weighted by molar-refractivity contribution is 6.28. The van der Waals surface area contributed by atoms with Crippen LogP contribution in [-0.4, -0.2) is 31.0 Å². The molecule has 0 saturated carbocycles. The number of rotatable bonds is 4. The Morgan fingerprint density at radius 2 is 2.22 bits per heavy atom. The molecule has 0 fully saturated rings. The van der Waals surface area contributed by atoms with Crippen LogP contribution < -0.4 is 5.32 Å². The standard InChI is InChI=1S/C11H13ClN6/c1-8(2)3-4-14-10-15-9(12)16-11(17-10)18-6-5-13-7-18/h3,5-7H,4H2,1-2H3,(H,14,15,16,17). The van der Waals surface area contributed by atoms with Crippen LogP contribution in [-0.2, 0) is 0 Å². The van der Waals surface area contributed by atoms with E-state index in [-0.39, 0.29) is 5.28 Å². The van der Waals surface area contributed by atoms with Gasteiger partial charge >= 0.3 is 0 Å². The molecule has 7 heteroatoms. The van der Waals surface area contributed by atoms with Crippen LogP contribution in [0.5, 0.6) is 0 Å². The van der Waals surface area contributed by atoms with Gasteiger partial charge in [-0.1, -0.05) is 11.6 Å². The Labute approximate surface area is 110 Å². The van der Waals surface area contributed by atoms with E-state index in [1.54, 1.807) is 23.3 Å². The van der Waals surface area contributed by atoms with Crippen molar-refractivity contribution in [2.75, 3.05) is 11.9 Å². The number of hydrogen-bond acceptors (Lipinski definition) is 5. The van der Waals surface area contributed by atoms with Gasteiger partial charge in [-0.3, -0.25) is 4.57 Å². The summed E-state index contributed by atoms with van der Waals surface area (Å²) in [4.78, 5) is 16.2. The van der Waals surface area contributed by atoms with Gasteiger partial charge in [0.2, 0.25) is 17.2 Å². The number of allylic oxidation sites excluding steroid dienone is 1. The van der Waals surface area contributed by atoms with Crippen LogP contribution in [0.4, 0.5) is 5.95 Å². The van der Waals surface area contributed by atoms with Crippen molar-refractivity contribution in [3.63, 3.8) is 0 Å². The largest absolute Gasteiger partial charge is 0.351 e. The first-order valence-electron chi connectivity index (χ1n) is 5.42. The molecular weight excluding hydrogens is 252 g/mol. The van der Waals surface area contributed by atoms with Crippen molar-refractivity contribution in [2.24, 2.45) is 0 Å². The van der Waals surface area contributed by atoms with E-state index in [1.807, 2.05) is 19.9 Å². The lowest BCUT2D eigenvalue weighted by Crippen LogP contribution is -2.08. The zero-order chi connectivity index (χ0) is 13.0. The fraction of sp³-hybridized carbons (Fsp3) is 0.273. The van der Waals surface area contributed by atoms with E-state index in [2.05, 4.69) is 25.3 Å². The predicted molar refractivity (Wildman–Crippen MR) is 69.9 cm³/mol. The number of hydrogen-bond donors (Lipinski definition) is 1. The zero-order valence-corrected chi connectivity index (χ0v) is 10.9. The second kappa shape index (κ2) is 5.59. The maximum atomic E-state index is 5.86. The second-order valence-corrected chi connectivity index (χ2v) is 4.20. The van der Waals surface area contributed by atoms with Crippen LogP contribution in [0.15, 0.2) is 30.4 Å². The maximum Gasteiger partial charge on any atom is 0.241 e. The molecule has 2 heterocycles. The Kier molecular flexibility index (Phi) is 3.88. The Morgan fingerprint density at radius 1 is 1.39 bits per heavy atom. The van der Waals surface area contributed by atoms with E-state index < -0.39 is 0 Å². The molecule has 0 radical (unpaired) electrons. The van der Waals surface area contributed by atoms with E-state index in [0.29, 0.717) is 18.4 Å². The molecule has 94 valence electrons. The van der Waals surface area contributed by atoms with E-state index in [0.717, 1.165) is 0 Å². The number of nitrogens with zero attached hydrogens (tertiary/aromatic N) is 5. The molecule has 2 rings (SSSR count). The first-order valence-corrected chi connectivity index (χ1v) is 5.80. The minimum Gasteiger partial charge on any atom is -0.351 e. The smallest absolute Gasteiger partial charge is 0.241 e. The molecule has 6 nitrogen and oxygen atoms in total. The van der Waals surface area contributed by atoms with Gasteiger partial charge in [-0.2, -0.15) is 15.0 Å². The number of imidazole rings is 1. The molecule has 0 saturated heterocycles. The van der Waals surface area contributed by atoms with Gasteiger partial charge in [0, 0.05) is 18.9 Å². The van der Waals surface area contributed by atoms with Crippen molar-refractivity contribution in [1.29, 1.82) is 0 Å². The molecule has 0 aromatic carbocycles. The molecule has 2 aromatic rings. The summed E-state index contributed by atoms with van der Waals surface area (Å²) >= 11 is 5.86. The summed E-state index contributed by atoms with van der Waals surface area (Å²) in [6.45, 7) is 4.70. The van der Waals surface area contributed by atoms with Gasteiger partial charge < -0.3 is 5.32 Å². The van der Waals surface area contributed by atoms with Gasteiger partial charge in [-0.05, 0) is 25.4 Å². The molecule has 0 aliphatic heterocycles. The first kappa shape index (κ1) is 12.5. The summed E-state index contributed by atoms with van der Waals surface area (Å²) in [5, 5.41) is 3.21. The Balaban J connectivity index is 2.19. The minimum absolute atomic E-state index is 0.147. The highest BCUT2D eigenvalue weighted by Crippen LogP contribution is 2.09. The first-order chi connectivity index (χ1) is 8.65. The predicted octanol–water partition coefficient (Wildman–Crippen LogP) is 2.09. The van der Waals surface area contributed by atoms with Crippen LogP contribution in [0, 0.1) is 0 Å². The highest BCUT2D eigenvalue weighted by Gasteiger charge is 2.05. The Hall–Kier alpha value is -1.95. The fourth-order valence-electron chi connectivity index (χ4n) is 1.26. The fourth-order valence-corrected chi connectivity index (χ4v) is 1.41. The maximum absolute atomic E-state index is 5.86. The Morgan fingerprint density at radius 3 is 2.89 bits per heavy atom. The average molecular weight is 265 g/mol. The van der Waals surface area contributed by atoms with Gasteiger partial charge in [0.25, 0.3) is 0 Å². The topological polar surface area (TPSA) is 68.5 Å². The molecule has 2 aromatic heterocycles. The zero-order valence-electron chi connectivity index (χ0n) is 10.1. The molecule has 0 bridgehead atoms. The third kappa shape index (κ3) is 3.27. The molecule has 0 amide bonds. The van der Waals surface area contributed by atoms with Crippen molar-refractivity contribution in [3.05, 3.63) is 35.7 Å². The second-order valence-electron chi connectivity index (χ2n) is 3.86. The van der Waals surface area contributed by atoms with Crippen molar-refractivity contribution in [1.82, 2.24) is 24.5 Å². The lowest BCUT2D eigenvalue weighted by molar-refractivity contribution is 0.894. The van der Waals surface area contributed by atoms with Gasteiger partial charge in [-0.25, -0.2) is 4.98 Å². The quantitative estimate of drug-likeness (QED) is 0.857. The number of halogens is 1. The normalized spacial score (nSPS) is 10.2. The summed E-state index contributed by atoms with van der Waals surface area (Å²) in [5.74, 6) is 0.878. The number of nitrogens with one attached hydrogen (secondary N) is 1. The van der Waals surface area contributed by atoms with E-state index >= 15 is 0 Å². The van der Waals surface area contributed by atoms with E-state index in [1.165, 1.54) is 5.57 Å². The van der Waals surface area contributed by atoms with Crippen molar-refractivity contribution in [3.8, 4) is 5.95 Å². The third-order valence-electron chi connectivity index (χ3n) is 2.10. The van der Waals surface area contributed by atoms with Gasteiger partial charge in [0.15, 0.2) is 0 Å². The van der Waals surface area contributed by atoms with Crippen LogP contribution in [0.3, 0.4) is 0 Å². The summed E-state index contributed by atoms with van der Waals surface area (Å²) in [7, 11) is 0. The highest BCUT2D eigenvalue weighted by atomic mass is 35.5. The minimum atomic E-state index is 0.147. The molecule has 0 atom stereocenters. The van der Waals surface area contributed by atoms with Crippen molar-refractivity contribution >= 4 is 17.5 Å². The molecule has 0 spiro atoms. The molecule has 18 heavy (non-hydrogen) atoms. The molecule has 1 N–H and O–H groups in total. The van der Waals surface area contributed by atoms with Crippen LogP contribution in [0.1, 0.15) is 13.8 Å². The van der Waals surface area contributed by atoms with Crippen LogP contribution in [0.25, 0.3) is 5.95 Å². The molecular formula is C11H13ClN6. The van der Waals surface area contributed by atoms with E-state index in [4.69, 9.17) is 11.6 Å². The van der Waals surface area contributed by atoms with Crippen molar-refractivity contribution < 1.29 is 0 Å². The monoisotopic (exact) mass is 264 g/mol. The lowest BCUT2D eigenvalue weighted by Gasteiger charge is -2.05. The van der Waals surface area contributed by atoms with Gasteiger partial charge in [0.05, 0.1) is 0 Å². The summed E-state index contributed by atoms with van der Waals surface area (Å²) in [5.41, 5.74) is 1.22. The Bertz CT molecular complexity index is 545. The molecule has 0 aliphatic carbocycles. The summed E-state index contributed by atoms with van der Waals surface area (Å²) in [6.07, 6.45) is 7.03. The SMILES string of the molecule is CC(C)=CCNc1nc(Cl)nc(-n2ccnc2)n1. The van der Waals surface area contributed by atoms with Gasteiger partial charge in [-0.15, -0.1) is 0 Å². The molecule has 0 unspecified atom stereocenters. The third-order valence-corrected chi connectivity index (χ3v) is 2.27. The summed E-state index contributed by atoms with van der Waals surface area (Å²) < 4.78 is 1.67. The van der Waals surface area contributed by atoms with Crippen LogP contribution >= 0.6 is 11.6 Å². The number of anilines is 1.